The van der Waals surface area contributed by atoms with Crippen LogP contribution in [0.25, 0.3) is 0 Å². The van der Waals surface area contributed by atoms with E-state index in [1.807, 2.05) is 18.3 Å². The average molecular weight is 241 g/mol. The molecule has 1 N–H and O–H groups in total. The summed E-state index contributed by atoms with van der Waals surface area (Å²) in [5, 5.41) is 10.1. The number of rotatable bonds is 4. The molecule has 0 fully saturated rings. The van der Waals surface area contributed by atoms with E-state index in [-0.39, 0.29) is 6.10 Å². The third-order valence-electron chi connectivity index (χ3n) is 3.24. The Hall–Kier alpha value is -1.67. The van der Waals surface area contributed by atoms with Gasteiger partial charge in [-0.15, -0.1) is 0 Å². The molecule has 1 aromatic carbocycles. The highest BCUT2D eigenvalue weighted by molar-refractivity contribution is 5.30. The number of pyridine rings is 1. The van der Waals surface area contributed by atoms with Gasteiger partial charge < -0.3 is 5.11 Å². The van der Waals surface area contributed by atoms with E-state index in [4.69, 9.17) is 0 Å². The van der Waals surface area contributed by atoms with E-state index in [9.17, 15) is 5.11 Å². The number of benzene rings is 1. The fourth-order valence-corrected chi connectivity index (χ4v) is 2.07. The molecule has 2 heteroatoms. The molecule has 0 aliphatic heterocycles. The summed E-state index contributed by atoms with van der Waals surface area (Å²) in [6, 6.07) is 10.3. The Morgan fingerprint density at radius 1 is 1.06 bits per heavy atom. The molecule has 0 radical (unpaired) electrons. The molecule has 94 valence electrons. The second-order valence-corrected chi connectivity index (χ2v) is 4.84. The summed E-state index contributed by atoms with van der Waals surface area (Å²) in [7, 11) is 0. The first-order valence-electron chi connectivity index (χ1n) is 6.28. The smallest absolute Gasteiger partial charge is 0.0621 e. The number of nitrogens with zero attached hydrogens (tertiary/aromatic N) is 1. The van der Waals surface area contributed by atoms with Gasteiger partial charge in [0.15, 0.2) is 0 Å². The largest absolute Gasteiger partial charge is 0.392 e. The van der Waals surface area contributed by atoms with Crippen LogP contribution in [0.4, 0.5) is 0 Å². The minimum Gasteiger partial charge on any atom is -0.392 e. The van der Waals surface area contributed by atoms with Crippen LogP contribution in [0.5, 0.6) is 0 Å². The Labute approximate surface area is 108 Å². The highest BCUT2D eigenvalue weighted by Gasteiger charge is 2.07. The molecular weight excluding hydrogens is 222 g/mol. The normalized spacial score (nSPS) is 12.4. The highest BCUT2D eigenvalue weighted by atomic mass is 16.3. The molecule has 0 aliphatic rings. The van der Waals surface area contributed by atoms with Crippen molar-refractivity contribution in [3.8, 4) is 0 Å². The minimum absolute atomic E-state index is 0.351. The Bertz CT molecular complexity index is 508. The topological polar surface area (TPSA) is 33.1 Å². The van der Waals surface area contributed by atoms with Gasteiger partial charge in [0.1, 0.15) is 0 Å². The first kappa shape index (κ1) is 12.8. The van der Waals surface area contributed by atoms with Gasteiger partial charge in [-0.2, -0.15) is 0 Å². The van der Waals surface area contributed by atoms with E-state index in [1.165, 1.54) is 16.7 Å². The Kier molecular flexibility index (Phi) is 4.11. The second-order valence-electron chi connectivity index (χ2n) is 4.84. The number of hydrogen-bond acceptors (Lipinski definition) is 2. The average Bonchev–Trinajstić information content (AvgIpc) is 2.35. The molecule has 0 spiro atoms. The molecule has 2 rings (SSSR count). The van der Waals surface area contributed by atoms with Gasteiger partial charge in [0, 0.05) is 18.8 Å². The van der Waals surface area contributed by atoms with Crippen LogP contribution in [0.15, 0.2) is 42.7 Å². The lowest BCUT2D eigenvalue weighted by molar-refractivity contribution is 0.175. The maximum Gasteiger partial charge on any atom is 0.0621 e. The zero-order chi connectivity index (χ0) is 13.0. The van der Waals surface area contributed by atoms with Gasteiger partial charge >= 0.3 is 0 Å². The fourth-order valence-electron chi connectivity index (χ4n) is 2.07. The first-order valence-corrected chi connectivity index (χ1v) is 6.28. The van der Waals surface area contributed by atoms with E-state index in [1.54, 1.807) is 6.20 Å². The van der Waals surface area contributed by atoms with Gasteiger partial charge in [-0.05, 0) is 48.6 Å². The lowest BCUT2D eigenvalue weighted by atomic mass is 9.99. The molecule has 2 aromatic rings. The zero-order valence-electron chi connectivity index (χ0n) is 10.9. The summed E-state index contributed by atoms with van der Waals surface area (Å²) in [4.78, 5) is 4.06. The van der Waals surface area contributed by atoms with Gasteiger partial charge in [0.2, 0.25) is 0 Å². The van der Waals surface area contributed by atoms with Crippen molar-refractivity contribution in [2.45, 2.75) is 32.8 Å². The van der Waals surface area contributed by atoms with Crippen LogP contribution < -0.4 is 0 Å². The molecular formula is C16H19NO. The summed E-state index contributed by atoms with van der Waals surface area (Å²) in [6.07, 6.45) is 4.55. The quantitative estimate of drug-likeness (QED) is 0.893. The maximum atomic E-state index is 10.1. The maximum absolute atomic E-state index is 10.1. The molecule has 0 bridgehead atoms. The van der Waals surface area contributed by atoms with Crippen LogP contribution in [-0.4, -0.2) is 16.2 Å². The molecule has 1 aromatic heterocycles. The Morgan fingerprint density at radius 2 is 1.83 bits per heavy atom. The van der Waals surface area contributed by atoms with Crippen molar-refractivity contribution in [2.75, 3.05) is 0 Å². The summed E-state index contributed by atoms with van der Waals surface area (Å²) >= 11 is 0. The minimum atomic E-state index is -0.351. The summed E-state index contributed by atoms with van der Waals surface area (Å²) in [5.41, 5.74) is 4.84. The molecule has 1 atom stereocenters. The van der Waals surface area contributed by atoms with Crippen LogP contribution in [0.3, 0.4) is 0 Å². The third-order valence-corrected chi connectivity index (χ3v) is 3.24. The lowest BCUT2D eigenvalue weighted by Gasteiger charge is -2.11. The standard InChI is InChI=1S/C16H19NO/c1-12-5-6-14(8-13(12)2)9-16(18)10-15-4-3-7-17-11-15/h3-8,11,16,18H,9-10H2,1-2H3. The number of aryl methyl sites for hydroxylation is 2. The van der Waals surface area contributed by atoms with Gasteiger partial charge in [-0.3, -0.25) is 4.98 Å². The first-order chi connectivity index (χ1) is 8.65. The van der Waals surface area contributed by atoms with Crippen LogP contribution in [-0.2, 0) is 12.8 Å². The Balaban J connectivity index is 1.99. The summed E-state index contributed by atoms with van der Waals surface area (Å²) < 4.78 is 0. The molecule has 0 amide bonds. The van der Waals surface area contributed by atoms with Crippen LogP contribution >= 0.6 is 0 Å². The SMILES string of the molecule is Cc1ccc(CC(O)Cc2cccnc2)cc1C. The van der Waals surface area contributed by atoms with Crippen molar-refractivity contribution in [1.82, 2.24) is 4.98 Å². The molecule has 1 heterocycles. The molecule has 0 aliphatic carbocycles. The summed E-state index contributed by atoms with van der Waals surface area (Å²) in [5.74, 6) is 0. The monoisotopic (exact) mass is 241 g/mol. The highest BCUT2D eigenvalue weighted by Crippen LogP contribution is 2.13. The van der Waals surface area contributed by atoms with Crippen molar-refractivity contribution in [3.63, 3.8) is 0 Å². The lowest BCUT2D eigenvalue weighted by Crippen LogP contribution is -2.14. The predicted octanol–water partition coefficient (Wildman–Crippen LogP) is 2.84. The summed E-state index contributed by atoms with van der Waals surface area (Å²) in [6.45, 7) is 4.21. The number of aromatic nitrogens is 1. The zero-order valence-corrected chi connectivity index (χ0v) is 10.9. The molecule has 0 saturated carbocycles. The molecule has 2 nitrogen and oxygen atoms in total. The number of aliphatic hydroxyl groups excluding tert-OH is 1. The van der Waals surface area contributed by atoms with Gasteiger partial charge in [0.05, 0.1) is 6.10 Å². The van der Waals surface area contributed by atoms with Crippen molar-refractivity contribution in [3.05, 3.63) is 65.0 Å². The van der Waals surface area contributed by atoms with E-state index >= 15 is 0 Å². The van der Waals surface area contributed by atoms with Crippen LogP contribution in [0.1, 0.15) is 22.3 Å². The van der Waals surface area contributed by atoms with Crippen molar-refractivity contribution in [2.24, 2.45) is 0 Å². The second kappa shape index (κ2) is 5.78. The van der Waals surface area contributed by atoms with Crippen molar-refractivity contribution in [1.29, 1.82) is 0 Å². The van der Waals surface area contributed by atoms with Crippen molar-refractivity contribution < 1.29 is 5.11 Å². The van der Waals surface area contributed by atoms with Gasteiger partial charge in [0.25, 0.3) is 0 Å². The van der Waals surface area contributed by atoms with Gasteiger partial charge in [-0.1, -0.05) is 24.3 Å². The fraction of sp³-hybridized carbons (Fsp3) is 0.312. The van der Waals surface area contributed by atoms with Crippen LogP contribution in [0, 0.1) is 13.8 Å². The predicted molar refractivity (Wildman–Crippen MR) is 73.6 cm³/mol. The van der Waals surface area contributed by atoms with E-state index in [0.29, 0.717) is 12.8 Å². The van der Waals surface area contributed by atoms with Crippen molar-refractivity contribution >= 4 is 0 Å². The van der Waals surface area contributed by atoms with E-state index < -0.39 is 0 Å². The molecule has 0 saturated heterocycles. The van der Waals surface area contributed by atoms with E-state index in [2.05, 4.69) is 37.0 Å². The Morgan fingerprint density at radius 3 is 2.50 bits per heavy atom. The number of aliphatic hydroxyl groups is 1. The number of hydrogen-bond donors (Lipinski definition) is 1. The van der Waals surface area contributed by atoms with Crippen LogP contribution in [0.2, 0.25) is 0 Å². The molecule has 18 heavy (non-hydrogen) atoms. The molecule has 1 unspecified atom stereocenters. The van der Waals surface area contributed by atoms with Gasteiger partial charge in [-0.25, -0.2) is 0 Å². The third kappa shape index (κ3) is 3.41. The van der Waals surface area contributed by atoms with E-state index in [0.717, 1.165) is 5.56 Å².